The summed E-state index contributed by atoms with van der Waals surface area (Å²) < 4.78 is 5.48. The molecule has 0 aromatic heterocycles. The van der Waals surface area contributed by atoms with Gasteiger partial charge in [0, 0.05) is 24.6 Å². The number of hydrogen-bond donors (Lipinski definition) is 0. The fourth-order valence-electron chi connectivity index (χ4n) is 3.91. The minimum atomic E-state index is -0.0341. The molecule has 4 nitrogen and oxygen atoms in total. The highest BCUT2D eigenvalue weighted by molar-refractivity contribution is 6.02. The van der Waals surface area contributed by atoms with E-state index in [0.717, 1.165) is 16.3 Å². The number of likely N-dealkylation sites (tertiary alicyclic amines) is 1. The highest BCUT2D eigenvalue weighted by atomic mass is 16.5. The number of amides is 1. The topological polar surface area (TPSA) is 46.6 Å². The molecule has 1 fully saturated rings. The maximum atomic E-state index is 13.1. The van der Waals surface area contributed by atoms with Crippen molar-refractivity contribution in [2.24, 2.45) is 5.92 Å². The molecule has 4 rings (SSSR count). The number of fused-ring (bicyclic) bond motifs is 1. The van der Waals surface area contributed by atoms with Crippen molar-refractivity contribution < 1.29 is 14.3 Å². The van der Waals surface area contributed by atoms with E-state index < -0.39 is 0 Å². The summed E-state index contributed by atoms with van der Waals surface area (Å²) in [6.45, 7) is 1.16. The summed E-state index contributed by atoms with van der Waals surface area (Å²) in [4.78, 5) is 27.6. The molecule has 1 aliphatic rings. The van der Waals surface area contributed by atoms with Crippen molar-refractivity contribution in [1.29, 1.82) is 0 Å². The predicted molar refractivity (Wildman–Crippen MR) is 110 cm³/mol. The molecule has 1 heterocycles. The van der Waals surface area contributed by atoms with Crippen LogP contribution >= 0.6 is 0 Å². The second-order valence-electron chi connectivity index (χ2n) is 7.20. The number of Topliss-reactive ketones (excluding diaryl/α,β-unsaturated/α-hetero) is 1. The van der Waals surface area contributed by atoms with E-state index >= 15 is 0 Å². The number of ketones is 1. The van der Waals surface area contributed by atoms with Crippen molar-refractivity contribution >= 4 is 22.5 Å². The smallest absolute Gasteiger partial charge is 0.257 e. The molecule has 1 amide bonds. The number of rotatable bonds is 4. The SMILES string of the molecule is COc1cc2ccccc2cc1C(=O)N1CCC(C(=O)c2ccccc2)CC1. The summed E-state index contributed by atoms with van der Waals surface area (Å²) in [6.07, 6.45) is 1.38. The first-order chi connectivity index (χ1) is 13.7. The summed E-state index contributed by atoms with van der Waals surface area (Å²) in [5, 5.41) is 2.06. The Kier molecular flexibility index (Phi) is 5.11. The second-order valence-corrected chi connectivity index (χ2v) is 7.20. The largest absolute Gasteiger partial charge is 0.496 e. The van der Waals surface area contributed by atoms with Crippen LogP contribution in [0.15, 0.2) is 66.7 Å². The minimum Gasteiger partial charge on any atom is -0.496 e. The van der Waals surface area contributed by atoms with Gasteiger partial charge in [0.2, 0.25) is 0 Å². The molecule has 142 valence electrons. The quantitative estimate of drug-likeness (QED) is 0.629. The number of carbonyl (C=O) groups is 2. The van der Waals surface area contributed by atoms with Crippen molar-refractivity contribution in [3.63, 3.8) is 0 Å². The van der Waals surface area contributed by atoms with Crippen LogP contribution in [0.4, 0.5) is 0 Å². The Morgan fingerprint density at radius 2 is 1.50 bits per heavy atom. The minimum absolute atomic E-state index is 0.0232. The fourth-order valence-corrected chi connectivity index (χ4v) is 3.91. The van der Waals surface area contributed by atoms with Crippen LogP contribution in [0.2, 0.25) is 0 Å². The Hall–Kier alpha value is -3.14. The average molecular weight is 373 g/mol. The van der Waals surface area contributed by atoms with E-state index in [1.807, 2.05) is 71.6 Å². The van der Waals surface area contributed by atoms with Crippen molar-refractivity contribution in [1.82, 2.24) is 4.90 Å². The highest BCUT2D eigenvalue weighted by Crippen LogP contribution is 2.29. The molecule has 28 heavy (non-hydrogen) atoms. The maximum Gasteiger partial charge on any atom is 0.257 e. The zero-order valence-electron chi connectivity index (χ0n) is 15.9. The third-order valence-electron chi connectivity index (χ3n) is 5.51. The molecule has 0 radical (unpaired) electrons. The Bertz CT molecular complexity index is 1000. The molecular formula is C24H23NO3. The van der Waals surface area contributed by atoms with Gasteiger partial charge in [-0.2, -0.15) is 0 Å². The van der Waals surface area contributed by atoms with Gasteiger partial charge in [-0.25, -0.2) is 0 Å². The number of piperidine rings is 1. The zero-order valence-corrected chi connectivity index (χ0v) is 15.9. The van der Waals surface area contributed by atoms with Crippen LogP contribution < -0.4 is 4.74 Å². The van der Waals surface area contributed by atoms with Gasteiger partial charge in [-0.05, 0) is 35.7 Å². The lowest BCUT2D eigenvalue weighted by molar-refractivity contribution is 0.0647. The van der Waals surface area contributed by atoms with Crippen LogP contribution in [0.1, 0.15) is 33.6 Å². The maximum absolute atomic E-state index is 13.1. The zero-order chi connectivity index (χ0) is 19.5. The monoisotopic (exact) mass is 373 g/mol. The van der Waals surface area contributed by atoms with Gasteiger partial charge in [-0.3, -0.25) is 9.59 Å². The molecule has 1 aliphatic heterocycles. The standard InChI is InChI=1S/C24H23NO3/c1-28-22-16-20-10-6-5-9-19(20)15-21(22)24(27)25-13-11-18(12-14-25)23(26)17-7-3-2-4-8-17/h2-10,15-16,18H,11-14H2,1H3. The molecule has 1 saturated heterocycles. The van der Waals surface area contributed by atoms with Gasteiger partial charge in [-0.1, -0.05) is 54.6 Å². The van der Waals surface area contributed by atoms with Crippen LogP contribution in [0.3, 0.4) is 0 Å². The molecule has 3 aromatic carbocycles. The molecule has 0 saturated carbocycles. The van der Waals surface area contributed by atoms with Crippen LogP contribution in [-0.4, -0.2) is 36.8 Å². The van der Waals surface area contributed by atoms with E-state index in [9.17, 15) is 9.59 Å². The summed E-state index contributed by atoms with van der Waals surface area (Å²) >= 11 is 0. The van der Waals surface area contributed by atoms with Crippen LogP contribution in [0, 0.1) is 5.92 Å². The van der Waals surface area contributed by atoms with Gasteiger partial charge >= 0.3 is 0 Å². The number of benzene rings is 3. The van der Waals surface area contributed by atoms with Crippen molar-refractivity contribution in [3.05, 3.63) is 77.9 Å². The Morgan fingerprint density at radius 1 is 0.893 bits per heavy atom. The van der Waals surface area contributed by atoms with Gasteiger partial charge in [-0.15, -0.1) is 0 Å². The molecule has 0 atom stereocenters. The Labute approximate surface area is 164 Å². The lowest BCUT2D eigenvalue weighted by Crippen LogP contribution is -2.40. The first-order valence-electron chi connectivity index (χ1n) is 9.62. The molecule has 4 heteroatoms. The van der Waals surface area contributed by atoms with Crippen LogP contribution in [0.25, 0.3) is 10.8 Å². The summed E-state index contributed by atoms with van der Waals surface area (Å²) in [5.74, 6) is 0.709. The highest BCUT2D eigenvalue weighted by Gasteiger charge is 2.29. The molecule has 0 bridgehead atoms. The molecule has 0 aliphatic carbocycles. The number of carbonyl (C=O) groups excluding carboxylic acids is 2. The molecule has 0 unspecified atom stereocenters. The second kappa shape index (κ2) is 7.85. The van der Waals surface area contributed by atoms with Crippen LogP contribution in [-0.2, 0) is 0 Å². The van der Waals surface area contributed by atoms with Gasteiger partial charge in [0.1, 0.15) is 5.75 Å². The summed E-state index contributed by atoms with van der Waals surface area (Å²) in [5.41, 5.74) is 1.33. The van der Waals surface area contributed by atoms with E-state index in [1.165, 1.54) is 0 Å². The van der Waals surface area contributed by atoms with Gasteiger partial charge < -0.3 is 9.64 Å². The van der Waals surface area contributed by atoms with E-state index in [0.29, 0.717) is 37.2 Å². The first kappa shape index (κ1) is 18.2. The number of nitrogens with zero attached hydrogens (tertiary/aromatic N) is 1. The van der Waals surface area contributed by atoms with E-state index in [-0.39, 0.29) is 17.6 Å². The Morgan fingerprint density at radius 3 is 2.14 bits per heavy atom. The fraction of sp³-hybridized carbons (Fsp3) is 0.250. The summed E-state index contributed by atoms with van der Waals surface area (Å²) in [7, 11) is 1.59. The Balaban J connectivity index is 1.50. The van der Waals surface area contributed by atoms with Crippen molar-refractivity contribution in [2.45, 2.75) is 12.8 Å². The molecule has 0 N–H and O–H groups in total. The number of hydrogen-bond acceptors (Lipinski definition) is 3. The lowest BCUT2D eigenvalue weighted by Gasteiger charge is -2.31. The van der Waals surface area contributed by atoms with E-state index in [2.05, 4.69) is 0 Å². The normalized spacial score (nSPS) is 14.8. The average Bonchev–Trinajstić information content (AvgIpc) is 2.78. The van der Waals surface area contributed by atoms with E-state index in [1.54, 1.807) is 7.11 Å². The van der Waals surface area contributed by atoms with Gasteiger partial charge in [0.25, 0.3) is 5.91 Å². The molecular weight excluding hydrogens is 350 g/mol. The molecule has 0 spiro atoms. The third-order valence-corrected chi connectivity index (χ3v) is 5.51. The molecule has 3 aromatic rings. The predicted octanol–water partition coefficient (Wildman–Crippen LogP) is 4.58. The summed E-state index contributed by atoms with van der Waals surface area (Å²) in [6, 6.07) is 21.2. The van der Waals surface area contributed by atoms with E-state index in [4.69, 9.17) is 4.74 Å². The number of methoxy groups -OCH3 is 1. The van der Waals surface area contributed by atoms with Crippen LogP contribution in [0.5, 0.6) is 5.75 Å². The van der Waals surface area contributed by atoms with Gasteiger partial charge in [0.05, 0.1) is 12.7 Å². The van der Waals surface area contributed by atoms with Crippen molar-refractivity contribution in [2.75, 3.05) is 20.2 Å². The van der Waals surface area contributed by atoms with Gasteiger partial charge in [0.15, 0.2) is 5.78 Å². The lowest BCUT2D eigenvalue weighted by atomic mass is 9.88. The number of ether oxygens (including phenoxy) is 1. The van der Waals surface area contributed by atoms with Crippen molar-refractivity contribution in [3.8, 4) is 5.75 Å². The third kappa shape index (κ3) is 3.50. The first-order valence-corrected chi connectivity index (χ1v) is 9.62.